The minimum absolute atomic E-state index is 0.197. The Bertz CT molecular complexity index is 1440. The Balaban J connectivity index is 1.93. The van der Waals surface area contributed by atoms with Crippen LogP contribution >= 0.6 is 27.3 Å². The molecule has 142 valence electrons. The number of hydrogen-bond donors (Lipinski definition) is 0. The summed E-state index contributed by atoms with van der Waals surface area (Å²) in [5.41, 5.74) is 2.75. The third-order valence-corrected chi connectivity index (χ3v) is 6.25. The number of fused-ring (bicyclic) bond motifs is 3. The van der Waals surface area contributed by atoms with E-state index in [1.54, 1.807) is 6.07 Å². The highest BCUT2D eigenvalue weighted by molar-refractivity contribution is 9.10. The van der Waals surface area contributed by atoms with Gasteiger partial charge in [0, 0.05) is 21.5 Å². The molecule has 0 saturated carbocycles. The first-order valence-electron chi connectivity index (χ1n) is 8.87. The van der Waals surface area contributed by atoms with Gasteiger partial charge in [0.15, 0.2) is 5.76 Å². The lowest BCUT2D eigenvalue weighted by Gasteiger charge is -2.05. The van der Waals surface area contributed by atoms with Crippen LogP contribution in [0.4, 0.5) is 0 Å². The number of furan rings is 1. The summed E-state index contributed by atoms with van der Waals surface area (Å²) in [7, 11) is 0. The fraction of sp³-hybridized carbons (Fsp3) is 0.0435. The zero-order valence-corrected chi connectivity index (χ0v) is 17.6. The van der Waals surface area contributed by atoms with Crippen LogP contribution in [-0.2, 0) is 0 Å². The van der Waals surface area contributed by atoms with E-state index in [0.717, 1.165) is 21.0 Å². The molecule has 4 nitrogen and oxygen atoms in total. The van der Waals surface area contributed by atoms with E-state index >= 15 is 0 Å². The fourth-order valence-electron chi connectivity index (χ4n) is 3.53. The summed E-state index contributed by atoms with van der Waals surface area (Å²) in [6, 6.07) is 16.4. The number of halogens is 1. The van der Waals surface area contributed by atoms with Gasteiger partial charge in [0.05, 0.1) is 10.3 Å². The maximum atomic E-state index is 13.2. The van der Waals surface area contributed by atoms with Gasteiger partial charge in [-0.2, -0.15) is 0 Å². The van der Waals surface area contributed by atoms with E-state index in [9.17, 15) is 9.59 Å². The molecular formula is C23H13BrO4S. The van der Waals surface area contributed by atoms with Crippen molar-refractivity contribution in [3.05, 3.63) is 91.1 Å². The predicted molar refractivity (Wildman–Crippen MR) is 118 cm³/mol. The predicted octanol–water partition coefficient (Wildman–Crippen LogP) is 6.57. The Labute approximate surface area is 177 Å². The summed E-state index contributed by atoms with van der Waals surface area (Å²) < 4.78 is 12.6. The van der Waals surface area contributed by atoms with Gasteiger partial charge in [-0.25, -0.2) is 4.79 Å². The van der Waals surface area contributed by atoms with Crippen molar-refractivity contribution in [1.82, 2.24) is 0 Å². The molecule has 5 rings (SSSR count). The van der Waals surface area contributed by atoms with Crippen LogP contribution in [0.2, 0.25) is 0 Å². The van der Waals surface area contributed by atoms with Crippen LogP contribution in [0.15, 0.2) is 78.1 Å². The third-order valence-electron chi connectivity index (χ3n) is 4.85. The van der Waals surface area contributed by atoms with Gasteiger partial charge in [-0.1, -0.05) is 34.1 Å². The average molecular weight is 465 g/mol. The van der Waals surface area contributed by atoms with Crippen LogP contribution in [0.3, 0.4) is 0 Å². The van der Waals surface area contributed by atoms with Gasteiger partial charge in [0.2, 0.25) is 5.78 Å². The molecule has 0 aliphatic rings. The highest BCUT2D eigenvalue weighted by atomic mass is 79.9. The topological polar surface area (TPSA) is 60.4 Å². The van der Waals surface area contributed by atoms with Gasteiger partial charge >= 0.3 is 5.63 Å². The van der Waals surface area contributed by atoms with Crippen molar-refractivity contribution < 1.29 is 13.6 Å². The van der Waals surface area contributed by atoms with Crippen molar-refractivity contribution in [2.24, 2.45) is 0 Å². The van der Waals surface area contributed by atoms with Crippen molar-refractivity contribution in [3.8, 4) is 11.1 Å². The zero-order valence-electron chi connectivity index (χ0n) is 15.2. The lowest BCUT2D eigenvalue weighted by molar-refractivity contribution is 0.102. The number of benzene rings is 2. The first-order chi connectivity index (χ1) is 14.0. The molecule has 0 saturated heterocycles. The summed E-state index contributed by atoms with van der Waals surface area (Å²) in [5, 5.41) is 3.30. The Morgan fingerprint density at radius 1 is 1.03 bits per heavy atom. The summed E-state index contributed by atoms with van der Waals surface area (Å²) in [4.78, 5) is 25.9. The zero-order chi connectivity index (χ0) is 20.1. The Hall–Kier alpha value is -2.96. The second-order valence-corrected chi connectivity index (χ2v) is 8.55. The minimum Gasteiger partial charge on any atom is -0.452 e. The number of carbonyl (C=O) groups is 1. The number of rotatable bonds is 3. The highest BCUT2D eigenvalue weighted by Crippen LogP contribution is 2.41. The lowest BCUT2D eigenvalue weighted by Crippen LogP contribution is -2.00. The summed E-state index contributed by atoms with van der Waals surface area (Å²) >= 11 is 4.81. The van der Waals surface area contributed by atoms with Gasteiger partial charge in [0.25, 0.3) is 0 Å². The van der Waals surface area contributed by atoms with Gasteiger partial charge in [-0.3, -0.25) is 4.79 Å². The quantitative estimate of drug-likeness (QED) is 0.223. The van der Waals surface area contributed by atoms with Crippen LogP contribution in [0.5, 0.6) is 0 Å². The minimum atomic E-state index is -0.434. The molecule has 0 atom stereocenters. The molecule has 6 heteroatoms. The maximum absolute atomic E-state index is 13.2. The molecule has 29 heavy (non-hydrogen) atoms. The smallest absolute Gasteiger partial charge is 0.336 e. The average Bonchev–Trinajstić information content (AvgIpc) is 3.36. The molecule has 0 radical (unpaired) electrons. The molecule has 5 aromatic rings. The van der Waals surface area contributed by atoms with Crippen LogP contribution in [-0.4, -0.2) is 5.78 Å². The third kappa shape index (κ3) is 2.96. The standard InChI is InChI=1S/C23H13BrO4S/c1-12-11-18(25)28-22-15(12)8-9-16-20(22)19(13-4-6-14(24)7-5-13)23(27-16)21(26)17-3-2-10-29-17/h2-11H,1H3. The second kappa shape index (κ2) is 6.83. The second-order valence-electron chi connectivity index (χ2n) is 6.68. The van der Waals surface area contributed by atoms with Crippen molar-refractivity contribution in [3.63, 3.8) is 0 Å². The Morgan fingerprint density at radius 3 is 2.55 bits per heavy atom. The number of hydrogen-bond acceptors (Lipinski definition) is 5. The van der Waals surface area contributed by atoms with E-state index in [1.807, 2.05) is 54.8 Å². The number of carbonyl (C=O) groups excluding carboxylic acids is 1. The molecular weight excluding hydrogens is 452 g/mol. The highest BCUT2D eigenvalue weighted by Gasteiger charge is 2.26. The van der Waals surface area contributed by atoms with Crippen molar-refractivity contribution >= 4 is 55.0 Å². The maximum Gasteiger partial charge on any atom is 0.336 e. The monoisotopic (exact) mass is 464 g/mol. The number of aryl methyl sites for hydroxylation is 1. The van der Waals surface area contributed by atoms with Gasteiger partial charge in [0.1, 0.15) is 11.2 Å². The van der Waals surface area contributed by atoms with E-state index in [1.165, 1.54) is 17.4 Å². The van der Waals surface area contributed by atoms with Crippen molar-refractivity contribution in [2.75, 3.05) is 0 Å². The molecule has 0 fully saturated rings. The van der Waals surface area contributed by atoms with Gasteiger partial charge in [-0.05, 0) is 53.8 Å². The van der Waals surface area contributed by atoms with Crippen LogP contribution in [0, 0.1) is 6.92 Å². The normalized spacial score (nSPS) is 11.4. The summed E-state index contributed by atoms with van der Waals surface area (Å²) in [5.74, 6) is 0.0405. The largest absolute Gasteiger partial charge is 0.452 e. The van der Waals surface area contributed by atoms with Crippen molar-refractivity contribution in [1.29, 1.82) is 0 Å². The lowest BCUT2D eigenvalue weighted by atomic mass is 9.98. The number of ketones is 1. The van der Waals surface area contributed by atoms with E-state index < -0.39 is 5.63 Å². The van der Waals surface area contributed by atoms with Crippen LogP contribution < -0.4 is 5.63 Å². The van der Waals surface area contributed by atoms with E-state index in [2.05, 4.69) is 15.9 Å². The Morgan fingerprint density at radius 2 is 1.83 bits per heavy atom. The van der Waals surface area contributed by atoms with E-state index in [-0.39, 0.29) is 11.5 Å². The molecule has 0 unspecified atom stereocenters. The molecule has 2 aromatic carbocycles. The fourth-order valence-corrected chi connectivity index (χ4v) is 4.46. The SMILES string of the molecule is Cc1cc(=O)oc2c1ccc1oc(C(=O)c3cccs3)c(-c3ccc(Br)cc3)c12. The Kier molecular flexibility index (Phi) is 4.26. The molecule has 0 amide bonds. The molecule has 0 aliphatic heterocycles. The molecule has 0 N–H and O–H groups in total. The molecule has 0 aliphatic carbocycles. The molecule has 0 bridgehead atoms. The van der Waals surface area contributed by atoms with E-state index in [4.69, 9.17) is 8.83 Å². The van der Waals surface area contributed by atoms with Crippen molar-refractivity contribution in [2.45, 2.75) is 6.92 Å². The van der Waals surface area contributed by atoms with Gasteiger partial charge in [-0.15, -0.1) is 11.3 Å². The summed E-state index contributed by atoms with van der Waals surface area (Å²) in [6.45, 7) is 1.86. The first-order valence-corrected chi connectivity index (χ1v) is 10.5. The summed E-state index contributed by atoms with van der Waals surface area (Å²) in [6.07, 6.45) is 0. The van der Waals surface area contributed by atoms with E-state index in [0.29, 0.717) is 27.0 Å². The number of thiophene rings is 1. The molecule has 3 aromatic heterocycles. The van der Waals surface area contributed by atoms with Crippen LogP contribution in [0.1, 0.15) is 21.0 Å². The van der Waals surface area contributed by atoms with Gasteiger partial charge < -0.3 is 8.83 Å². The van der Waals surface area contributed by atoms with Crippen LogP contribution in [0.25, 0.3) is 33.1 Å². The molecule has 3 heterocycles. The first kappa shape index (κ1) is 18.1. The molecule has 0 spiro atoms.